The Morgan fingerprint density at radius 3 is 1.88 bits per heavy atom. The number of carbonyl (C=O) groups excluding carboxylic acids is 2. The molecular weight excluding hydrogens is 673 g/mol. The molecule has 1 spiro atoms. The number of carbonyl (C=O) groups is 2. The molecule has 1 atom stereocenters. The van der Waals surface area contributed by atoms with Gasteiger partial charge in [0.15, 0.2) is 0 Å². The third kappa shape index (κ3) is 6.97. The maximum atomic E-state index is 11.9. The summed E-state index contributed by atoms with van der Waals surface area (Å²) >= 11 is 14.3. The van der Waals surface area contributed by atoms with Gasteiger partial charge in [0.2, 0.25) is 17.7 Å². The van der Waals surface area contributed by atoms with Crippen molar-refractivity contribution in [3.05, 3.63) is 81.8 Å². The summed E-state index contributed by atoms with van der Waals surface area (Å²) in [6, 6.07) is 19.9. The van der Waals surface area contributed by atoms with Gasteiger partial charge in [0, 0.05) is 104 Å². The molecular formula is C39H41Cl2N5O4. The average Bonchev–Trinajstić information content (AvgIpc) is 3.70. The van der Waals surface area contributed by atoms with Crippen molar-refractivity contribution in [2.75, 3.05) is 40.4 Å². The van der Waals surface area contributed by atoms with E-state index in [4.69, 9.17) is 42.6 Å². The summed E-state index contributed by atoms with van der Waals surface area (Å²) in [5.74, 6) is 1.49. The van der Waals surface area contributed by atoms with Crippen LogP contribution in [0, 0.1) is 5.41 Å². The molecule has 1 aliphatic carbocycles. The van der Waals surface area contributed by atoms with E-state index in [1.54, 1.807) is 21.1 Å². The van der Waals surface area contributed by atoms with Crippen molar-refractivity contribution in [1.29, 1.82) is 0 Å². The van der Waals surface area contributed by atoms with E-state index in [1.165, 1.54) is 0 Å². The van der Waals surface area contributed by atoms with E-state index in [0.29, 0.717) is 58.4 Å². The van der Waals surface area contributed by atoms with E-state index in [0.717, 1.165) is 78.9 Å². The first kappa shape index (κ1) is 34.4. The van der Waals surface area contributed by atoms with Gasteiger partial charge in [0.05, 0.1) is 35.7 Å². The first-order chi connectivity index (χ1) is 24.1. The number of Topliss-reactive ketones (excluding diaryl/α,β-unsaturated/α-hetero) is 1. The molecule has 2 aromatic carbocycles. The van der Waals surface area contributed by atoms with Crippen LogP contribution in [0.3, 0.4) is 0 Å². The van der Waals surface area contributed by atoms with E-state index in [-0.39, 0.29) is 17.4 Å². The highest BCUT2D eigenvalue weighted by atomic mass is 35.5. The van der Waals surface area contributed by atoms with Crippen molar-refractivity contribution in [3.8, 4) is 45.4 Å². The summed E-state index contributed by atoms with van der Waals surface area (Å²) in [5.41, 5.74) is 6.64. The molecule has 0 radical (unpaired) electrons. The normalized spacial score (nSPS) is 18.7. The number of ether oxygens (including phenoxy) is 2. The monoisotopic (exact) mass is 713 g/mol. The van der Waals surface area contributed by atoms with Crippen LogP contribution in [0.25, 0.3) is 33.6 Å². The van der Waals surface area contributed by atoms with Gasteiger partial charge in [-0.1, -0.05) is 71.7 Å². The quantitative estimate of drug-likeness (QED) is 0.187. The minimum absolute atomic E-state index is 0.00509. The predicted octanol–water partition coefficient (Wildman–Crippen LogP) is 7.07. The highest BCUT2D eigenvalue weighted by molar-refractivity contribution is 6.39. The molecule has 2 aliphatic heterocycles. The molecule has 50 heavy (non-hydrogen) atoms. The molecule has 1 saturated carbocycles. The zero-order valence-electron chi connectivity index (χ0n) is 28.6. The summed E-state index contributed by atoms with van der Waals surface area (Å²) in [4.78, 5) is 37.7. The van der Waals surface area contributed by atoms with Crippen molar-refractivity contribution in [2.24, 2.45) is 5.41 Å². The van der Waals surface area contributed by atoms with Gasteiger partial charge >= 0.3 is 0 Å². The fourth-order valence-corrected chi connectivity index (χ4v) is 8.50. The molecule has 2 saturated heterocycles. The second-order valence-electron chi connectivity index (χ2n) is 13.8. The molecule has 4 aromatic rings. The van der Waals surface area contributed by atoms with Crippen LogP contribution in [-0.4, -0.2) is 77.9 Å². The lowest BCUT2D eigenvalue weighted by Crippen LogP contribution is -2.54. The summed E-state index contributed by atoms with van der Waals surface area (Å²) in [6.45, 7) is 6.49. The van der Waals surface area contributed by atoms with E-state index in [2.05, 4.69) is 21.2 Å². The molecule has 3 aliphatic rings. The average molecular weight is 715 g/mol. The highest BCUT2D eigenvalue weighted by Gasteiger charge is 2.47. The maximum absolute atomic E-state index is 11.9. The van der Waals surface area contributed by atoms with Crippen LogP contribution in [0.4, 0.5) is 0 Å². The number of benzene rings is 2. The van der Waals surface area contributed by atoms with Gasteiger partial charge in [-0.05, 0) is 25.0 Å². The maximum Gasteiger partial charge on any atom is 0.218 e. The number of ketones is 1. The molecule has 1 unspecified atom stereocenters. The Morgan fingerprint density at radius 2 is 1.38 bits per heavy atom. The predicted molar refractivity (Wildman–Crippen MR) is 196 cm³/mol. The van der Waals surface area contributed by atoms with Crippen LogP contribution in [0.5, 0.6) is 11.8 Å². The smallest absolute Gasteiger partial charge is 0.218 e. The van der Waals surface area contributed by atoms with E-state index in [1.807, 2.05) is 54.6 Å². The summed E-state index contributed by atoms with van der Waals surface area (Å²) in [7, 11) is 3.26. The number of rotatable bonds is 10. The number of nitrogens with zero attached hydrogens (tertiary/aromatic N) is 4. The number of amides is 1. The molecule has 4 heterocycles. The minimum atomic E-state index is -0.00509. The molecule has 9 nitrogen and oxygen atoms in total. The Hall–Kier alpha value is -4.02. The fourth-order valence-electron chi connectivity index (χ4n) is 7.86. The number of pyridine rings is 2. The van der Waals surface area contributed by atoms with E-state index < -0.39 is 0 Å². The van der Waals surface area contributed by atoms with E-state index in [9.17, 15) is 9.59 Å². The van der Waals surface area contributed by atoms with Gasteiger partial charge in [0.25, 0.3) is 0 Å². The fraction of sp³-hybridized carbons (Fsp3) is 0.385. The van der Waals surface area contributed by atoms with Gasteiger partial charge in [-0.2, -0.15) is 0 Å². The Bertz CT molecular complexity index is 1950. The third-order valence-corrected chi connectivity index (χ3v) is 11.0. The molecule has 1 amide bonds. The molecule has 260 valence electrons. The number of hydrogen-bond donors (Lipinski definition) is 1. The lowest BCUT2D eigenvalue weighted by Gasteiger charge is -2.48. The largest absolute Gasteiger partial charge is 0.481 e. The van der Waals surface area contributed by atoms with Crippen LogP contribution in [0.1, 0.15) is 43.7 Å². The first-order valence-corrected chi connectivity index (χ1v) is 17.8. The number of nitrogens with one attached hydrogen (secondary N) is 1. The highest BCUT2D eigenvalue weighted by Crippen LogP contribution is 2.45. The van der Waals surface area contributed by atoms with Crippen molar-refractivity contribution < 1.29 is 19.1 Å². The van der Waals surface area contributed by atoms with Gasteiger partial charge in [-0.25, -0.2) is 9.97 Å². The number of methoxy groups -OCH3 is 2. The van der Waals surface area contributed by atoms with E-state index >= 15 is 0 Å². The number of aromatic nitrogens is 2. The number of halogens is 2. The van der Waals surface area contributed by atoms with Crippen molar-refractivity contribution in [2.45, 2.75) is 51.7 Å². The number of likely N-dealkylation sites (tertiary alicyclic amines) is 2. The second-order valence-corrected chi connectivity index (χ2v) is 14.6. The van der Waals surface area contributed by atoms with Gasteiger partial charge in [0.1, 0.15) is 5.78 Å². The topological polar surface area (TPSA) is 96.9 Å². The van der Waals surface area contributed by atoms with Gasteiger partial charge in [-0.3, -0.25) is 19.4 Å². The standard InChI is InChI=1S/C39H41Cl2N5O4/c1-24(47)42-27-15-17-45(21-27)19-25-10-12-33(43-37(25)49-2)31-8-4-6-29(35(31)40)30-7-5-9-32(36(30)41)34-13-11-26(38(44-34)50-3)20-46-22-39(23-46)16-14-28(48)18-39/h4-13,27H,14-23H2,1-3H3,(H,42,47). The van der Waals surface area contributed by atoms with Crippen molar-refractivity contribution in [1.82, 2.24) is 25.1 Å². The number of hydrogen-bond acceptors (Lipinski definition) is 8. The van der Waals surface area contributed by atoms with Crippen LogP contribution in [0.15, 0.2) is 60.7 Å². The SMILES string of the molecule is COc1nc(-c2cccc(-c3cccc(-c4ccc(CN5CC6(CCC(=O)C6)C5)c(OC)n4)c3Cl)c2Cl)ccc1CN1CCC(NC(C)=O)C1. The third-order valence-electron chi connectivity index (χ3n) is 10.2. The molecule has 1 N–H and O–H groups in total. The molecule has 0 bridgehead atoms. The zero-order chi connectivity index (χ0) is 35.0. The van der Waals surface area contributed by atoms with Crippen LogP contribution >= 0.6 is 23.2 Å². The molecule has 2 aromatic heterocycles. The first-order valence-electron chi connectivity index (χ1n) is 17.0. The summed E-state index contributed by atoms with van der Waals surface area (Å²) < 4.78 is 11.5. The molecule has 3 fully saturated rings. The lowest BCUT2D eigenvalue weighted by atomic mass is 9.78. The zero-order valence-corrected chi connectivity index (χ0v) is 30.1. The molecule has 11 heteroatoms. The summed E-state index contributed by atoms with van der Waals surface area (Å²) in [5, 5.41) is 4.08. The Balaban J connectivity index is 1.11. The van der Waals surface area contributed by atoms with Crippen LogP contribution in [-0.2, 0) is 22.7 Å². The minimum Gasteiger partial charge on any atom is -0.481 e. The van der Waals surface area contributed by atoms with Gasteiger partial charge < -0.3 is 14.8 Å². The van der Waals surface area contributed by atoms with Crippen molar-refractivity contribution >= 4 is 34.9 Å². The Kier molecular flexibility index (Phi) is 9.85. The Labute approximate surface area is 302 Å². The second kappa shape index (κ2) is 14.3. The molecule has 7 rings (SSSR count). The summed E-state index contributed by atoms with van der Waals surface area (Å²) in [6.07, 6.45) is 3.33. The van der Waals surface area contributed by atoms with Crippen molar-refractivity contribution in [3.63, 3.8) is 0 Å². The lowest BCUT2D eigenvalue weighted by molar-refractivity contribution is -0.120. The van der Waals surface area contributed by atoms with Gasteiger partial charge in [-0.15, -0.1) is 0 Å². The van der Waals surface area contributed by atoms with Crippen LogP contribution < -0.4 is 14.8 Å². The Morgan fingerprint density at radius 1 is 0.840 bits per heavy atom. The van der Waals surface area contributed by atoms with Crippen LogP contribution in [0.2, 0.25) is 10.0 Å².